The average Bonchev–Trinajstić information content (AvgIpc) is 3.25. The lowest BCUT2D eigenvalue weighted by molar-refractivity contribution is 0.103. The molecule has 0 aliphatic heterocycles. The third kappa shape index (κ3) is 2.95. The van der Waals surface area contributed by atoms with Gasteiger partial charge in [-0.3, -0.25) is 10.1 Å². The van der Waals surface area contributed by atoms with Gasteiger partial charge >= 0.3 is 0 Å². The molecule has 4 aromatic rings. The smallest absolute Gasteiger partial charge is 0.267 e. The molecule has 7 heteroatoms. The Morgan fingerprint density at radius 2 is 2.09 bits per heavy atom. The first-order valence-electron chi connectivity index (χ1n) is 6.70. The quantitative estimate of drug-likeness (QED) is 0.481. The van der Waals surface area contributed by atoms with Crippen LogP contribution in [0.3, 0.4) is 0 Å². The predicted molar refractivity (Wildman–Crippen MR) is 97.3 cm³/mol. The van der Waals surface area contributed by atoms with Crippen LogP contribution in [0.4, 0.5) is 5.13 Å². The number of benzene rings is 1. The van der Waals surface area contributed by atoms with Gasteiger partial charge in [0.25, 0.3) is 5.91 Å². The zero-order chi connectivity index (χ0) is 15.8. The molecule has 0 saturated carbocycles. The number of thiophene rings is 1. The number of hydrogen-bond acceptors (Lipinski definition) is 5. The largest absolute Gasteiger partial charge is 0.454 e. The predicted octanol–water partition coefficient (Wildman–Crippen LogP) is 5.63. The van der Waals surface area contributed by atoms with E-state index < -0.39 is 0 Å². The molecule has 0 saturated heterocycles. The third-order valence-electron chi connectivity index (χ3n) is 3.20. The number of nitrogens with one attached hydrogen (secondary N) is 1. The number of rotatable bonds is 3. The molecule has 0 unspecified atom stereocenters. The molecule has 0 spiro atoms. The summed E-state index contributed by atoms with van der Waals surface area (Å²) in [6.07, 6.45) is 0. The first kappa shape index (κ1) is 14.6. The van der Waals surface area contributed by atoms with Crippen LogP contribution in [0.2, 0.25) is 0 Å². The zero-order valence-electron chi connectivity index (χ0n) is 11.6. The number of halogens is 1. The monoisotopic (exact) mass is 404 g/mol. The van der Waals surface area contributed by atoms with E-state index in [4.69, 9.17) is 4.42 Å². The topological polar surface area (TPSA) is 55.1 Å². The molecule has 0 bridgehead atoms. The fourth-order valence-electron chi connectivity index (χ4n) is 2.15. The minimum Gasteiger partial charge on any atom is -0.454 e. The van der Waals surface area contributed by atoms with Crippen molar-refractivity contribution in [1.29, 1.82) is 0 Å². The highest BCUT2D eigenvalue weighted by atomic mass is 79.9. The number of hydrogen-bond donors (Lipinski definition) is 1. The lowest BCUT2D eigenvalue weighted by Gasteiger charge is -1.97. The van der Waals surface area contributed by atoms with Gasteiger partial charge in [-0.05, 0) is 40.2 Å². The normalized spacial score (nSPS) is 11.0. The van der Waals surface area contributed by atoms with Crippen molar-refractivity contribution < 1.29 is 9.21 Å². The molecule has 4 nitrogen and oxygen atoms in total. The molecule has 3 heterocycles. The second-order valence-electron chi connectivity index (χ2n) is 4.74. The Balaban J connectivity index is 1.57. The molecule has 1 aromatic carbocycles. The summed E-state index contributed by atoms with van der Waals surface area (Å²) in [5.41, 5.74) is 1.54. The maximum Gasteiger partial charge on any atom is 0.267 e. The summed E-state index contributed by atoms with van der Waals surface area (Å²) in [7, 11) is 0. The Bertz CT molecular complexity index is 969. The molecule has 4 rings (SSSR count). The van der Waals surface area contributed by atoms with Crippen LogP contribution in [0.25, 0.3) is 22.4 Å². The minimum atomic E-state index is -0.161. The number of thiazole rings is 1. The van der Waals surface area contributed by atoms with Gasteiger partial charge in [0.05, 0.1) is 8.66 Å². The number of carbonyl (C=O) groups is 1. The second kappa shape index (κ2) is 5.92. The Hall–Kier alpha value is -1.96. The summed E-state index contributed by atoms with van der Waals surface area (Å²) in [5.74, 6) is 0.535. The first-order chi connectivity index (χ1) is 11.2. The van der Waals surface area contributed by atoms with Crippen LogP contribution in [0.5, 0.6) is 0 Å². The second-order valence-corrected chi connectivity index (χ2v) is 8.07. The standard InChI is InChI=1S/C16H9BrN2O2S2/c17-14-6-5-13(23-14)15(20)19-16-18-10(8-22-16)12-7-9-3-1-2-4-11(9)21-12/h1-8H,(H,18,19,20). The number of amides is 1. The van der Waals surface area contributed by atoms with Crippen molar-refractivity contribution in [2.75, 3.05) is 5.32 Å². The molecule has 114 valence electrons. The molecule has 23 heavy (non-hydrogen) atoms. The van der Waals surface area contributed by atoms with Crippen molar-refractivity contribution in [2.24, 2.45) is 0 Å². The van der Waals surface area contributed by atoms with Crippen LogP contribution in [0, 0.1) is 0 Å². The summed E-state index contributed by atoms with van der Waals surface area (Å²) < 4.78 is 6.71. The van der Waals surface area contributed by atoms with Crippen molar-refractivity contribution >= 4 is 60.6 Å². The maximum atomic E-state index is 12.1. The lowest BCUT2D eigenvalue weighted by atomic mass is 10.2. The summed E-state index contributed by atoms with van der Waals surface area (Å²) >= 11 is 6.11. The van der Waals surface area contributed by atoms with Gasteiger partial charge in [-0.2, -0.15) is 0 Å². The van der Waals surface area contributed by atoms with Gasteiger partial charge < -0.3 is 4.42 Å². The molecule has 1 N–H and O–H groups in total. The van der Waals surface area contributed by atoms with Crippen molar-refractivity contribution in [3.8, 4) is 11.5 Å². The van der Waals surface area contributed by atoms with Crippen LogP contribution in [-0.2, 0) is 0 Å². The van der Waals surface area contributed by atoms with Crippen LogP contribution >= 0.6 is 38.6 Å². The Morgan fingerprint density at radius 3 is 2.87 bits per heavy atom. The van der Waals surface area contributed by atoms with Crippen molar-refractivity contribution in [3.05, 3.63) is 56.5 Å². The molecule has 0 aliphatic rings. The van der Waals surface area contributed by atoms with E-state index in [1.807, 2.05) is 41.8 Å². The Morgan fingerprint density at radius 1 is 1.22 bits per heavy atom. The van der Waals surface area contributed by atoms with E-state index in [9.17, 15) is 4.79 Å². The maximum absolute atomic E-state index is 12.1. The first-order valence-corrected chi connectivity index (χ1v) is 9.19. The van der Waals surface area contributed by atoms with E-state index in [-0.39, 0.29) is 5.91 Å². The molecular formula is C16H9BrN2O2S2. The lowest BCUT2D eigenvalue weighted by Crippen LogP contribution is -2.09. The van der Waals surface area contributed by atoms with Crippen LogP contribution in [0.15, 0.2) is 56.0 Å². The zero-order valence-corrected chi connectivity index (χ0v) is 14.8. The fraction of sp³-hybridized carbons (Fsp3) is 0. The highest BCUT2D eigenvalue weighted by Gasteiger charge is 2.13. The van der Waals surface area contributed by atoms with Crippen LogP contribution < -0.4 is 5.32 Å². The van der Waals surface area contributed by atoms with Gasteiger partial charge in [0.1, 0.15) is 11.3 Å². The number of nitrogens with zero attached hydrogens (tertiary/aromatic N) is 1. The SMILES string of the molecule is O=C(Nc1nc(-c2cc3ccccc3o2)cs1)c1ccc(Br)s1. The van der Waals surface area contributed by atoms with Gasteiger partial charge in [-0.15, -0.1) is 22.7 Å². The number of anilines is 1. The number of furan rings is 1. The fourth-order valence-corrected chi connectivity index (χ4v) is 4.12. The van der Waals surface area contributed by atoms with E-state index in [1.165, 1.54) is 22.7 Å². The van der Waals surface area contributed by atoms with Gasteiger partial charge in [0.2, 0.25) is 0 Å². The Labute approximate surface area is 147 Å². The van der Waals surface area contributed by atoms with Crippen molar-refractivity contribution in [3.63, 3.8) is 0 Å². The number of aromatic nitrogens is 1. The van der Waals surface area contributed by atoms with E-state index in [0.717, 1.165) is 14.8 Å². The van der Waals surface area contributed by atoms with Gasteiger partial charge in [0.15, 0.2) is 10.9 Å². The number of carbonyl (C=O) groups excluding carboxylic acids is 1. The van der Waals surface area contributed by atoms with Crippen molar-refractivity contribution in [2.45, 2.75) is 0 Å². The van der Waals surface area contributed by atoms with Gasteiger partial charge in [-0.25, -0.2) is 4.98 Å². The molecule has 0 aliphatic carbocycles. The third-order valence-corrected chi connectivity index (χ3v) is 5.58. The number of para-hydroxylation sites is 1. The molecule has 3 aromatic heterocycles. The Kier molecular flexibility index (Phi) is 3.76. The molecule has 0 fully saturated rings. The average molecular weight is 405 g/mol. The summed E-state index contributed by atoms with van der Waals surface area (Å²) in [4.78, 5) is 17.2. The molecule has 1 amide bonds. The van der Waals surface area contributed by atoms with Crippen LogP contribution in [0.1, 0.15) is 9.67 Å². The molecule has 0 radical (unpaired) electrons. The van der Waals surface area contributed by atoms with Crippen molar-refractivity contribution in [1.82, 2.24) is 4.98 Å². The molecule has 0 atom stereocenters. The minimum absolute atomic E-state index is 0.161. The highest BCUT2D eigenvalue weighted by Crippen LogP contribution is 2.30. The van der Waals surface area contributed by atoms with Gasteiger partial charge in [-0.1, -0.05) is 18.2 Å². The molecular weight excluding hydrogens is 396 g/mol. The van der Waals surface area contributed by atoms with E-state index in [2.05, 4.69) is 26.2 Å². The van der Waals surface area contributed by atoms with E-state index in [1.54, 1.807) is 6.07 Å². The highest BCUT2D eigenvalue weighted by molar-refractivity contribution is 9.11. The summed E-state index contributed by atoms with van der Waals surface area (Å²) in [6, 6.07) is 13.4. The van der Waals surface area contributed by atoms with Crippen LogP contribution in [-0.4, -0.2) is 10.9 Å². The number of fused-ring (bicyclic) bond motifs is 1. The van der Waals surface area contributed by atoms with E-state index in [0.29, 0.717) is 21.5 Å². The van der Waals surface area contributed by atoms with Gasteiger partial charge in [0, 0.05) is 10.8 Å². The summed E-state index contributed by atoms with van der Waals surface area (Å²) in [6.45, 7) is 0. The summed E-state index contributed by atoms with van der Waals surface area (Å²) in [5, 5.41) is 6.27. The van der Waals surface area contributed by atoms with E-state index >= 15 is 0 Å².